The number of rotatable bonds is 24. The molecule has 0 aliphatic heterocycles. The first-order chi connectivity index (χ1) is 20.5. The molecule has 1 aliphatic rings. The topological polar surface area (TPSA) is 126 Å². The third-order valence-electron chi connectivity index (χ3n) is 6.33. The minimum atomic E-state index is -1.17. The molecule has 0 saturated heterocycles. The molecule has 0 fully saturated rings. The van der Waals surface area contributed by atoms with Crippen LogP contribution in [0.3, 0.4) is 0 Å². The zero-order valence-electron chi connectivity index (χ0n) is 25.1. The molecule has 0 radical (unpaired) electrons. The van der Waals surface area contributed by atoms with Crippen LogP contribution < -0.4 is 4.74 Å². The third kappa shape index (κ3) is 11.8. The third-order valence-corrected chi connectivity index (χ3v) is 6.33. The maximum absolute atomic E-state index is 13.0. The van der Waals surface area contributed by atoms with E-state index in [4.69, 9.17) is 47.4 Å². The van der Waals surface area contributed by atoms with Crippen molar-refractivity contribution in [2.24, 2.45) is 5.41 Å². The van der Waals surface area contributed by atoms with E-state index in [1.54, 1.807) is 27.4 Å². The fourth-order valence-corrected chi connectivity index (χ4v) is 4.22. The van der Waals surface area contributed by atoms with Crippen LogP contribution >= 0.6 is 0 Å². The van der Waals surface area contributed by atoms with Gasteiger partial charge >= 0.3 is 5.97 Å². The summed E-state index contributed by atoms with van der Waals surface area (Å²) >= 11 is 0. The van der Waals surface area contributed by atoms with Crippen molar-refractivity contribution in [2.45, 2.75) is 19.3 Å². The second-order valence-electron chi connectivity index (χ2n) is 9.25. The van der Waals surface area contributed by atoms with Crippen molar-refractivity contribution >= 4 is 17.8 Å². The quantitative estimate of drug-likeness (QED) is 0.0753. The first-order valence-corrected chi connectivity index (χ1v) is 13.6. The SMILES string of the molecule is COCCOCOCCC1(C=O)CC(CC(=O)OC)=CC(c2ccccc2OCOCCOC)=C1OCOCCOC. The van der Waals surface area contributed by atoms with Crippen molar-refractivity contribution in [3.05, 3.63) is 47.2 Å². The van der Waals surface area contributed by atoms with Gasteiger partial charge < -0.3 is 52.2 Å². The number of esters is 1. The Bertz CT molecular complexity index is 992. The average molecular weight is 597 g/mol. The van der Waals surface area contributed by atoms with Crippen molar-refractivity contribution in [3.8, 4) is 5.75 Å². The van der Waals surface area contributed by atoms with Gasteiger partial charge in [-0.3, -0.25) is 4.79 Å². The second kappa shape index (κ2) is 20.9. The van der Waals surface area contributed by atoms with Gasteiger partial charge in [0.15, 0.2) is 13.6 Å². The maximum atomic E-state index is 13.0. The van der Waals surface area contributed by atoms with Crippen LogP contribution in [0.5, 0.6) is 5.75 Å². The molecular weight excluding hydrogens is 552 g/mol. The lowest BCUT2D eigenvalue weighted by atomic mass is 9.71. The van der Waals surface area contributed by atoms with Gasteiger partial charge in [0.2, 0.25) is 0 Å². The van der Waals surface area contributed by atoms with E-state index < -0.39 is 11.4 Å². The summed E-state index contributed by atoms with van der Waals surface area (Å²) in [6.07, 6.45) is 3.15. The van der Waals surface area contributed by atoms with Crippen molar-refractivity contribution < 1.29 is 57.0 Å². The standard InChI is InChI=1S/C30H44O12/c1-33-11-14-38-21-37-10-9-30(20-31)19-24(18-28(32)36-4)17-26(29(30)42-23-40-16-13-35-3)25-7-5-6-8-27(25)41-22-39-15-12-34-2/h5-8,17,20H,9-16,18-19,21-23H2,1-4H3. The van der Waals surface area contributed by atoms with E-state index in [0.717, 1.165) is 6.29 Å². The van der Waals surface area contributed by atoms with Gasteiger partial charge in [0.25, 0.3) is 0 Å². The first-order valence-electron chi connectivity index (χ1n) is 13.6. The Morgan fingerprint density at radius 3 is 2.00 bits per heavy atom. The minimum Gasteiger partial charge on any atom is -0.470 e. The number of hydrogen-bond donors (Lipinski definition) is 0. The van der Waals surface area contributed by atoms with Gasteiger partial charge in [0.1, 0.15) is 24.6 Å². The van der Waals surface area contributed by atoms with E-state index in [-0.39, 0.29) is 46.2 Å². The van der Waals surface area contributed by atoms with Crippen molar-refractivity contribution in [1.29, 1.82) is 0 Å². The van der Waals surface area contributed by atoms with Crippen LogP contribution in [0.15, 0.2) is 41.7 Å². The number of carbonyl (C=O) groups is 2. The monoisotopic (exact) mass is 596 g/mol. The summed E-state index contributed by atoms with van der Waals surface area (Å²) in [6, 6.07) is 7.32. The molecule has 1 unspecified atom stereocenters. The molecule has 1 aromatic carbocycles. The molecular formula is C30H44O12. The predicted octanol–water partition coefficient (Wildman–Crippen LogP) is 3.14. The number of aldehydes is 1. The van der Waals surface area contributed by atoms with Gasteiger partial charge in [-0.05, 0) is 18.9 Å². The average Bonchev–Trinajstić information content (AvgIpc) is 3.01. The van der Waals surface area contributed by atoms with E-state index >= 15 is 0 Å². The van der Waals surface area contributed by atoms with E-state index in [1.165, 1.54) is 7.11 Å². The molecule has 0 saturated carbocycles. The lowest BCUT2D eigenvalue weighted by molar-refractivity contribution is -0.140. The molecule has 0 N–H and O–H groups in total. The molecule has 1 aromatic rings. The molecule has 1 aliphatic carbocycles. The van der Waals surface area contributed by atoms with Gasteiger partial charge in [0.05, 0.1) is 65.2 Å². The molecule has 0 amide bonds. The fourth-order valence-electron chi connectivity index (χ4n) is 4.22. The Morgan fingerprint density at radius 1 is 0.786 bits per heavy atom. The molecule has 42 heavy (non-hydrogen) atoms. The van der Waals surface area contributed by atoms with Gasteiger partial charge in [0, 0.05) is 32.5 Å². The number of ether oxygens (including phenoxy) is 10. The highest BCUT2D eigenvalue weighted by atomic mass is 16.7. The van der Waals surface area contributed by atoms with Crippen LogP contribution in [0.2, 0.25) is 0 Å². The predicted molar refractivity (Wildman–Crippen MR) is 152 cm³/mol. The van der Waals surface area contributed by atoms with Crippen LogP contribution in [0.25, 0.3) is 5.57 Å². The summed E-state index contributed by atoms with van der Waals surface area (Å²) in [7, 11) is 6.08. The van der Waals surface area contributed by atoms with Crippen molar-refractivity contribution in [2.75, 3.05) is 95.1 Å². The second-order valence-corrected chi connectivity index (χ2v) is 9.25. The summed E-state index contributed by atoms with van der Waals surface area (Å²) in [4.78, 5) is 25.3. The van der Waals surface area contributed by atoms with E-state index in [2.05, 4.69) is 0 Å². The summed E-state index contributed by atoms with van der Waals surface area (Å²) in [5, 5.41) is 0. The molecule has 12 heteroatoms. The first kappa shape index (κ1) is 35.4. The van der Waals surface area contributed by atoms with E-state index in [0.29, 0.717) is 67.9 Å². The van der Waals surface area contributed by atoms with Gasteiger partial charge in [-0.1, -0.05) is 29.8 Å². The zero-order valence-corrected chi connectivity index (χ0v) is 25.1. The van der Waals surface area contributed by atoms with Crippen LogP contribution in [-0.2, 0) is 52.2 Å². The number of benzene rings is 1. The maximum Gasteiger partial charge on any atom is 0.309 e. The smallest absolute Gasteiger partial charge is 0.309 e. The van der Waals surface area contributed by atoms with E-state index in [1.807, 2.05) is 24.3 Å². The number of allylic oxidation sites excluding steroid dienone is 3. The minimum absolute atomic E-state index is 0.00263. The Balaban J connectivity index is 2.47. The Morgan fingerprint density at radius 2 is 1.38 bits per heavy atom. The van der Waals surface area contributed by atoms with Gasteiger partial charge in [-0.25, -0.2) is 0 Å². The van der Waals surface area contributed by atoms with Crippen LogP contribution in [-0.4, -0.2) is 107 Å². The van der Waals surface area contributed by atoms with E-state index in [9.17, 15) is 9.59 Å². The van der Waals surface area contributed by atoms with Crippen molar-refractivity contribution in [1.82, 2.24) is 0 Å². The highest BCUT2D eigenvalue weighted by Gasteiger charge is 2.42. The summed E-state index contributed by atoms with van der Waals surface area (Å²) < 4.78 is 54.3. The molecule has 12 nitrogen and oxygen atoms in total. The summed E-state index contributed by atoms with van der Waals surface area (Å²) in [6.45, 7) is 2.38. The van der Waals surface area contributed by atoms with Crippen LogP contribution in [0.4, 0.5) is 0 Å². The fraction of sp³-hybridized carbons (Fsp3) is 0.600. The number of carbonyl (C=O) groups excluding carboxylic acids is 2. The molecule has 2 rings (SSSR count). The van der Waals surface area contributed by atoms with Crippen molar-refractivity contribution in [3.63, 3.8) is 0 Å². The van der Waals surface area contributed by atoms with Crippen LogP contribution in [0, 0.1) is 5.41 Å². The molecule has 0 bridgehead atoms. The largest absolute Gasteiger partial charge is 0.470 e. The number of methoxy groups -OCH3 is 4. The lowest BCUT2D eigenvalue weighted by Gasteiger charge is -2.36. The zero-order chi connectivity index (χ0) is 30.5. The van der Waals surface area contributed by atoms with Gasteiger partial charge in [-0.2, -0.15) is 0 Å². The number of para-hydroxylation sites is 1. The Hall–Kier alpha value is -2.84. The summed E-state index contributed by atoms with van der Waals surface area (Å²) in [5.74, 6) is 0.458. The van der Waals surface area contributed by atoms with Crippen LogP contribution in [0.1, 0.15) is 24.8 Å². The molecule has 1 atom stereocenters. The van der Waals surface area contributed by atoms with Gasteiger partial charge in [-0.15, -0.1) is 0 Å². The Labute approximate surface area is 247 Å². The number of hydrogen-bond acceptors (Lipinski definition) is 12. The molecule has 0 heterocycles. The molecule has 0 spiro atoms. The highest BCUT2D eigenvalue weighted by Crippen LogP contribution is 2.47. The highest BCUT2D eigenvalue weighted by molar-refractivity contribution is 5.87. The molecule has 0 aromatic heterocycles. The lowest BCUT2D eigenvalue weighted by Crippen LogP contribution is -2.33. The Kier molecular flexibility index (Phi) is 17.6. The normalized spacial score (nSPS) is 16.7. The summed E-state index contributed by atoms with van der Waals surface area (Å²) in [5.41, 5.74) is 0.745. The molecule has 236 valence electrons.